The third kappa shape index (κ3) is 3.99. The van der Waals surface area contributed by atoms with Gasteiger partial charge in [0.2, 0.25) is 0 Å². The van der Waals surface area contributed by atoms with Crippen LogP contribution in [0.15, 0.2) is 42.6 Å². The molecule has 0 saturated carbocycles. The first kappa shape index (κ1) is 16.2. The van der Waals surface area contributed by atoms with E-state index < -0.39 is 10.2 Å². The van der Waals surface area contributed by atoms with Crippen LogP contribution in [0.1, 0.15) is 30.5 Å². The highest BCUT2D eigenvalue weighted by Gasteiger charge is 2.31. The minimum atomic E-state index is -3.48. The van der Waals surface area contributed by atoms with E-state index in [-0.39, 0.29) is 0 Å². The second kappa shape index (κ2) is 7.25. The third-order valence-corrected chi connectivity index (χ3v) is 6.00. The molecule has 1 aromatic heterocycles. The number of hydrogen-bond donors (Lipinski definition) is 1. The molecule has 0 bridgehead atoms. The highest BCUT2D eigenvalue weighted by Crippen LogP contribution is 2.20. The minimum Gasteiger partial charge on any atom is -0.281 e. The molecule has 0 unspecified atom stereocenters. The van der Waals surface area contributed by atoms with Gasteiger partial charge in [-0.2, -0.15) is 22.1 Å². The number of nitrogens with one attached hydrogen (secondary N) is 1. The molecule has 1 aromatic carbocycles. The predicted molar refractivity (Wildman–Crippen MR) is 88.6 cm³/mol. The van der Waals surface area contributed by atoms with E-state index >= 15 is 0 Å². The number of hydrogen-bond acceptors (Lipinski definition) is 3. The van der Waals surface area contributed by atoms with E-state index in [1.165, 1.54) is 4.31 Å². The van der Waals surface area contributed by atoms with Gasteiger partial charge in [0.05, 0.1) is 12.2 Å². The van der Waals surface area contributed by atoms with Crippen molar-refractivity contribution < 1.29 is 8.42 Å². The van der Waals surface area contributed by atoms with Gasteiger partial charge in [-0.25, -0.2) is 0 Å². The standard InChI is InChI=1S/C16H22N4O2S/c21-23(22,19-11-5-2-6-12-19)20(14-16-9-10-17-18-16)13-15-7-3-1-4-8-15/h1,3-4,7-10H,2,5-6,11-14H2,(H,17,18). The average molecular weight is 334 g/mol. The van der Waals surface area contributed by atoms with Gasteiger partial charge in [-0.05, 0) is 24.5 Å². The number of nitrogens with zero attached hydrogens (tertiary/aromatic N) is 3. The van der Waals surface area contributed by atoms with Crippen molar-refractivity contribution in [1.82, 2.24) is 18.8 Å². The van der Waals surface area contributed by atoms with Crippen LogP contribution in [0.3, 0.4) is 0 Å². The van der Waals surface area contributed by atoms with Crippen molar-refractivity contribution in [2.45, 2.75) is 32.4 Å². The summed E-state index contributed by atoms with van der Waals surface area (Å²) in [6.45, 7) is 1.87. The minimum absolute atomic E-state index is 0.299. The van der Waals surface area contributed by atoms with Gasteiger partial charge in [0.25, 0.3) is 10.2 Å². The Bertz CT molecular complexity index is 695. The molecule has 1 fully saturated rings. The summed E-state index contributed by atoms with van der Waals surface area (Å²) in [5.41, 5.74) is 1.77. The van der Waals surface area contributed by atoms with Crippen LogP contribution in [-0.4, -0.2) is 40.3 Å². The van der Waals surface area contributed by atoms with Gasteiger partial charge in [-0.15, -0.1) is 0 Å². The van der Waals surface area contributed by atoms with E-state index in [9.17, 15) is 8.42 Å². The summed E-state index contributed by atoms with van der Waals surface area (Å²) < 4.78 is 29.2. The SMILES string of the molecule is O=S(=O)(N1CCCCC1)N(Cc1ccccc1)Cc1ccn[nH]1. The van der Waals surface area contributed by atoms with Gasteiger partial charge in [0.15, 0.2) is 0 Å². The fraction of sp³-hybridized carbons (Fsp3) is 0.438. The number of rotatable bonds is 6. The van der Waals surface area contributed by atoms with Gasteiger partial charge in [-0.3, -0.25) is 5.10 Å². The topological polar surface area (TPSA) is 69.3 Å². The Labute approximate surface area is 137 Å². The van der Waals surface area contributed by atoms with Crippen LogP contribution in [0.25, 0.3) is 0 Å². The molecule has 1 saturated heterocycles. The molecule has 2 heterocycles. The second-order valence-electron chi connectivity index (χ2n) is 5.80. The molecule has 1 aliphatic heterocycles. The Balaban J connectivity index is 1.84. The maximum atomic E-state index is 13.0. The van der Waals surface area contributed by atoms with Crippen LogP contribution in [0.5, 0.6) is 0 Å². The molecule has 0 radical (unpaired) electrons. The highest BCUT2D eigenvalue weighted by molar-refractivity contribution is 7.86. The first-order valence-electron chi connectivity index (χ1n) is 7.93. The molecule has 0 atom stereocenters. The van der Waals surface area contributed by atoms with Crippen molar-refractivity contribution in [1.29, 1.82) is 0 Å². The van der Waals surface area contributed by atoms with Crippen LogP contribution in [-0.2, 0) is 23.3 Å². The summed E-state index contributed by atoms with van der Waals surface area (Å²) in [5.74, 6) is 0. The lowest BCUT2D eigenvalue weighted by molar-refractivity contribution is 0.295. The number of H-pyrrole nitrogens is 1. The van der Waals surface area contributed by atoms with E-state index in [0.29, 0.717) is 26.2 Å². The summed E-state index contributed by atoms with van der Waals surface area (Å²) in [5, 5.41) is 6.77. The molecule has 0 aliphatic carbocycles. The second-order valence-corrected chi connectivity index (χ2v) is 7.73. The van der Waals surface area contributed by atoms with E-state index in [4.69, 9.17) is 0 Å². The zero-order valence-electron chi connectivity index (χ0n) is 13.1. The summed E-state index contributed by atoms with van der Waals surface area (Å²) in [7, 11) is -3.48. The summed E-state index contributed by atoms with van der Waals surface area (Å²) in [6, 6.07) is 11.5. The molecule has 124 valence electrons. The lowest BCUT2D eigenvalue weighted by Gasteiger charge is -2.32. The van der Waals surface area contributed by atoms with Crippen molar-refractivity contribution in [2.24, 2.45) is 0 Å². The van der Waals surface area contributed by atoms with Crippen molar-refractivity contribution in [3.8, 4) is 0 Å². The molecule has 6 nitrogen and oxygen atoms in total. The van der Waals surface area contributed by atoms with Gasteiger partial charge in [0.1, 0.15) is 0 Å². The molecule has 1 aliphatic rings. The number of aromatic amines is 1. The first-order valence-corrected chi connectivity index (χ1v) is 9.33. The normalized spacial score (nSPS) is 16.7. The molecule has 1 N–H and O–H groups in total. The van der Waals surface area contributed by atoms with Crippen molar-refractivity contribution in [3.63, 3.8) is 0 Å². The fourth-order valence-electron chi connectivity index (χ4n) is 2.83. The molecule has 23 heavy (non-hydrogen) atoms. The third-order valence-electron chi connectivity index (χ3n) is 4.07. The van der Waals surface area contributed by atoms with Crippen molar-refractivity contribution in [2.75, 3.05) is 13.1 Å². The fourth-order valence-corrected chi connectivity index (χ4v) is 4.49. The Hall–Kier alpha value is -1.70. The monoisotopic (exact) mass is 334 g/mol. The molecule has 0 spiro atoms. The molecule has 3 rings (SSSR count). The first-order chi connectivity index (χ1) is 11.2. The molecule has 2 aromatic rings. The van der Waals surface area contributed by atoms with Gasteiger partial charge in [0, 0.05) is 25.8 Å². The number of benzene rings is 1. The Morgan fingerprint density at radius 3 is 2.43 bits per heavy atom. The predicted octanol–water partition coefficient (Wildman–Crippen LogP) is 2.14. The Morgan fingerprint density at radius 2 is 1.78 bits per heavy atom. The van der Waals surface area contributed by atoms with Crippen LogP contribution in [0.2, 0.25) is 0 Å². The summed E-state index contributed by atoms with van der Waals surface area (Å²) >= 11 is 0. The lowest BCUT2D eigenvalue weighted by atomic mass is 10.2. The van der Waals surface area contributed by atoms with Gasteiger partial charge >= 0.3 is 0 Å². The maximum Gasteiger partial charge on any atom is 0.282 e. The van der Waals surface area contributed by atoms with Crippen LogP contribution >= 0.6 is 0 Å². The quantitative estimate of drug-likeness (QED) is 0.880. The largest absolute Gasteiger partial charge is 0.282 e. The van der Waals surface area contributed by atoms with E-state index in [1.807, 2.05) is 36.4 Å². The van der Waals surface area contributed by atoms with Gasteiger partial charge < -0.3 is 0 Å². The van der Waals surface area contributed by atoms with E-state index in [2.05, 4.69) is 10.2 Å². The zero-order valence-corrected chi connectivity index (χ0v) is 13.9. The van der Waals surface area contributed by atoms with Crippen LogP contribution in [0.4, 0.5) is 0 Å². The smallest absolute Gasteiger partial charge is 0.281 e. The molecular weight excluding hydrogens is 312 g/mol. The number of aromatic nitrogens is 2. The molecular formula is C16H22N4O2S. The Kier molecular flexibility index (Phi) is 5.09. The van der Waals surface area contributed by atoms with E-state index in [0.717, 1.165) is 30.5 Å². The molecule has 7 heteroatoms. The lowest BCUT2D eigenvalue weighted by Crippen LogP contribution is -2.45. The number of piperidine rings is 1. The maximum absolute atomic E-state index is 13.0. The Morgan fingerprint density at radius 1 is 1.04 bits per heavy atom. The summed E-state index contributed by atoms with van der Waals surface area (Å²) in [4.78, 5) is 0. The van der Waals surface area contributed by atoms with Crippen molar-refractivity contribution in [3.05, 3.63) is 53.9 Å². The average Bonchev–Trinajstić information content (AvgIpc) is 3.09. The van der Waals surface area contributed by atoms with Crippen LogP contribution < -0.4 is 0 Å². The van der Waals surface area contributed by atoms with Crippen LogP contribution in [0, 0.1) is 0 Å². The zero-order chi connectivity index (χ0) is 16.1. The van der Waals surface area contributed by atoms with Gasteiger partial charge in [-0.1, -0.05) is 36.8 Å². The molecule has 0 amide bonds. The van der Waals surface area contributed by atoms with E-state index in [1.54, 1.807) is 10.5 Å². The van der Waals surface area contributed by atoms with Crippen molar-refractivity contribution >= 4 is 10.2 Å². The summed E-state index contributed by atoms with van der Waals surface area (Å²) in [6.07, 6.45) is 4.61. The highest BCUT2D eigenvalue weighted by atomic mass is 32.2.